The Labute approximate surface area is 171 Å². The molecule has 0 atom stereocenters. The summed E-state index contributed by atoms with van der Waals surface area (Å²) in [5.41, 5.74) is 4.35. The lowest BCUT2D eigenvalue weighted by Crippen LogP contribution is -2.38. The zero-order valence-electron chi connectivity index (χ0n) is 16.6. The zero-order chi connectivity index (χ0) is 20.9. The number of benzene rings is 2. The molecule has 29 heavy (non-hydrogen) atoms. The average Bonchev–Trinajstić information content (AvgIpc) is 2.74. The molecule has 0 spiro atoms. The van der Waals surface area contributed by atoms with Gasteiger partial charge in [0.2, 0.25) is 10.0 Å². The van der Waals surface area contributed by atoms with Crippen molar-refractivity contribution in [2.45, 2.75) is 13.3 Å². The Morgan fingerprint density at radius 3 is 2.41 bits per heavy atom. The van der Waals surface area contributed by atoms with Crippen molar-refractivity contribution in [3.63, 3.8) is 0 Å². The normalized spacial score (nSPS) is 14.9. The van der Waals surface area contributed by atoms with Gasteiger partial charge < -0.3 is 9.47 Å². The van der Waals surface area contributed by atoms with E-state index < -0.39 is 21.7 Å². The number of sulfonamides is 1. The van der Waals surface area contributed by atoms with E-state index in [1.54, 1.807) is 0 Å². The molecule has 0 radical (unpaired) electrons. The summed E-state index contributed by atoms with van der Waals surface area (Å²) in [7, 11) is -2.47. The SMILES string of the molecule is CCOc1cccc(-c2ccc(C3=CCN(S(=O)(=O)CC(=O)OC)CC3)cc2)c1. The average molecular weight is 416 g/mol. The third-order valence-corrected chi connectivity index (χ3v) is 6.55. The lowest BCUT2D eigenvalue weighted by Gasteiger charge is -2.25. The second kappa shape index (κ2) is 9.24. The third kappa shape index (κ3) is 5.25. The van der Waals surface area contributed by atoms with E-state index in [4.69, 9.17) is 4.74 Å². The van der Waals surface area contributed by atoms with Crippen molar-refractivity contribution >= 4 is 21.6 Å². The molecule has 1 aliphatic rings. The van der Waals surface area contributed by atoms with Crippen molar-refractivity contribution in [2.24, 2.45) is 0 Å². The molecule has 1 heterocycles. The molecule has 0 N–H and O–H groups in total. The van der Waals surface area contributed by atoms with Gasteiger partial charge in [-0.3, -0.25) is 4.79 Å². The van der Waals surface area contributed by atoms with Crippen LogP contribution in [-0.4, -0.2) is 51.3 Å². The number of nitrogens with zero attached hydrogens (tertiary/aromatic N) is 1. The van der Waals surface area contributed by atoms with E-state index in [-0.39, 0.29) is 6.54 Å². The summed E-state index contributed by atoms with van der Waals surface area (Å²) in [5.74, 6) is -0.525. The standard InChI is InChI=1S/C22H25NO5S/c1-3-28-21-6-4-5-20(15-21)18-9-7-17(8-10-18)19-11-13-23(14-12-19)29(25,26)16-22(24)27-2/h4-11,15H,3,12-14,16H2,1-2H3. The van der Waals surface area contributed by atoms with Gasteiger partial charge >= 0.3 is 5.97 Å². The Morgan fingerprint density at radius 2 is 1.79 bits per heavy atom. The second-order valence-corrected chi connectivity index (χ2v) is 8.68. The molecule has 0 unspecified atom stereocenters. The van der Waals surface area contributed by atoms with E-state index in [0.717, 1.165) is 28.0 Å². The number of methoxy groups -OCH3 is 1. The van der Waals surface area contributed by atoms with Gasteiger partial charge in [0, 0.05) is 13.1 Å². The fraction of sp³-hybridized carbons (Fsp3) is 0.318. The highest BCUT2D eigenvalue weighted by atomic mass is 32.2. The van der Waals surface area contributed by atoms with Gasteiger partial charge in [0.1, 0.15) is 5.75 Å². The minimum Gasteiger partial charge on any atom is -0.494 e. The van der Waals surface area contributed by atoms with Crippen LogP contribution >= 0.6 is 0 Å². The highest BCUT2D eigenvalue weighted by Gasteiger charge is 2.27. The Morgan fingerprint density at radius 1 is 1.07 bits per heavy atom. The molecule has 6 nitrogen and oxygen atoms in total. The van der Waals surface area contributed by atoms with Gasteiger partial charge in [-0.25, -0.2) is 8.42 Å². The summed E-state index contributed by atoms with van der Waals surface area (Å²) >= 11 is 0. The van der Waals surface area contributed by atoms with Crippen molar-refractivity contribution in [3.8, 4) is 16.9 Å². The number of esters is 1. The van der Waals surface area contributed by atoms with Crippen molar-refractivity contribution in [1.82, 2.24) is 4.31 Å². The fourth-order valence-corrected chi connectivity index (χ4v) is 4.54. The molecule has 0 saturated heterocycles. The van der Waals surface area contributed by atoms with Crippen LogP contribution < -0.4 is 4.74 Å². The Bertz CT molecular complexity index is 996. The molecule has 1 aliphatic heterocycles. The number of ether oxygens (including phenoxy) is 2. The van der Waals surface area contributed by atoms with Crippen molar-refractivity contribution in [1.29, 1.82) is 0 Å². The Balaban J connectivity index is 1.70. The number of carbonyl (C=O) groups is 1. The van der Waals surface area contributed by atoms with Crippen LogP contribution in [0, 0.1) is 0 Å². The van der Waals surface area contributed by atoms with Crippen molar-refractivity contribution in [3.05, 3.63) is 60.2 Å². The largest absolute Gasteiger partial charge is 0.494 e. The highest BCUT2D eigenvalue weighted by Crippen LogP contribution is 2.28. The van der Waals surface area contributed by atoms with Crippen LogP contribution in [0.3, 0.4) is 0 Å². The first kappa shape index (κ1) is 21.1. The molecular weight excluding hydrogens is 390 g/mol. The third-order valence-electron chi connectivity index (χ3n) is 4.83. The molecular formula is C22H25NO5S. The van der Waals surface area contributed by atoms with Gasteiger partial charge in [0.25, 0.3) is 0 Å². The number of hydrogen-bond donors (Lipinski definition) is 0. The lowest BCUT2D eigenvalue weighted by molar-refractivity contribution is -0.137. The number of hydrogen-bond acceptors (Lipinski definition) is 5. The summed E-state index contributed by atoms with van der Waals surface area (Å²) in [6.45, 7) is 3.19. The van der Waals surface area contributed by atoms with E-state index in [1.165, 1.54) is 11.4 Å². The Hall–Kier alpha value is -2.64. The summed E-state index contributed by atoms with van der Waals surface area (Å²) < 4.78 is 35.9. The fourth-order valence-electron chi connectivity index (χ4n) is 3.27. The Kier molecular flexibility index (Phi) is 6.71. The molecule has 0 amide bonds. The van der Waals surface area contributed by atoms with Gasteiger partial charge in [0.05, 0.1) is 13.7 Å². The van der Waals surface area contributed by atoms with Crippen LogP contribution in [0.5, 0.6) is 5.75 Å². The maximum atomic E-state index is 12.3. The lowest BCUT2D eigenvalue weighted by atomic mass is 9.97. The van der Waals surface area contributed by atoms with Crippen LogP contribution in [0.25, 0.3) is 16.7 Å². The molecule has 2 aromatic rings. The smallest absolute Gasteiger partial charge is 0.322 e. The summed E-state index contributed by atoms with van der Waals surface area (Å²) in [6.07, 6.45) is 2.50. The maximum Gasteiger partial charge on any atom is 0.322 e. The van der Waals surface area contributed by atoms with Crippen LogP contribution in [0.1, 0.15) is 18.9 Å². The summed E-state index contributed by atoms with van der Waals surface area (Å²) in [6, 6.07) is 16.2. The van der Waals surface area contributed by atoms with Gasteiger partial charge in [-0.05, 0) is 47.7 Å². The molecule has 0 aromatic heterocycles. The van der Waals surface area contributed by atoms with Gasteiger partial charge in [0.15, 0.2) is 5.75 Å². The number of carbonyl (C=O) groups excluding carboxylic acids is 1. The van der Waals surface area contributed by atoms with Crippen molar-refractivity contribution < 1.29 is 22.7 Å². The molecule has 0 bridgehead atoms. The van der Waals surface area contributed by atoms with Crippen LogP contribution in [0.2, 0.25) is 0 Å². The topological polar surface area (TPSA) is 72.9 Å². The molecule has 7 heteroatoms. The molecule has 0 fully saturated rings. The first-order valence-corrected chi connectivity index (χ1v) is 11.1. The van der Waals surface area contributed by atoms with Gasteiger partial charge in [-0.2, -0.15) is 4.31 Å². The quantitative estimate of drug-likeness (QED) is 0.649. The van der Waals surface area contributed by atoms with Crippen LogP contribution in [-0.2, 0) is 19.6 Å². The summed E-state index contributed by atoms with van der Waals surface area (Å²) in [4.78, 5) is 11.3. The van der Waals surface area contributed by atoms with Crippen LogP contribution in [0.15, 0.2) is 54.6 Å². The molecule has 2 aromatic carbocycles. The molecule has 154 valence electrons. The second-order valence-electron chi connectivity index (χ2n) is 6.71. The van der Waals surface area contributed by atoms with Gasteiger partial charge in [-0.1, -0.05) is 42.5 Å². The van der Waals surface area contributed by atoms with E-state index in [9.17, 15) is 13.2 Å². The monoisotopic (exact) mass is 415 g/mol. The van der Waals surface area contributed by atoms with Crippen molar-refractivity contribution in [2.75, 3.05) is 32.6 Å². The van der Waals surface area contributed by atoms with E-state index in [2.05, 4.69) is 16.9 Å². The first-order chi connectivity index (χ1) is 13.9. The number of rotatable bonds is 7. The van der Waals surface area contributed by atoms with E-state index in [0.29, 0.717) is 19.6 Å². The molecule has 0 aliphatic carbocycles. The van der Waals surface area contributed by atoms with E-state index >= 15 is 0 Å². The van der Waals surface area contributed by atoms with Crippen LogP contribution in [0.4, 0.5) is 0 Å². The summed E-state index contributed by atoms with van der Waals surface area (Å²) in [5, 5.41) is 0. The molecule has 3 rings (SSSR count). The first-order valence-electron chi connectivity index (χ1n) is 9.50. The predicted octanol–water partition coefficient (Wildman–Crippen LogP) is 3.34. The molecule has 0 saturated carbocycles. The maximum absolute atomic E-state index is 12.3. The van der Waals surface area contributed by atoms with E-state index in [1.807, 2.05) is 49.4 Å². The van der Waals surface area contributed by atoms with Gasteiger partial charge in [-0.15, -0.1) is 0 Å². The minimum absolute atomic E-state index is 0.257. The minimum atomic E-state index is -3.65. The highest BCUT2D eigenvalue weighted by molar-refractivity contribution is 7.89. The predicted molar refractivity (Wildman–Crippen MR) is 113 cm³/mol. The zero-order valence-corrected chi connectivity index (χ0v) is 17.4.